The molecular formula is C19H27N3O5S. The molecule has 0 spiro atoms. The number of carbonyl (C=O) groups excluding carboxylic acids is 1. The number of nitrogens with zero attached hydrogens (tertiary/aromatic N) is 2. The van der Waals surface area contributed by atoms with Crippen LogP contribution in [0.5, 0.6) is 17.2 Å². The lowest BCUT2D eigenvalue weighted by Gasteiger charge is -2.14. The number of thioether (sulfide) groups is 1. The number of nitrogens with one attached hydrogen (secondary N) is 1. The first-order valence-electron chi connectivity index (χ1n) is 8.70. The van der Waals surface area contributed by atoms with Gasteiger partial charge in [-0.2, -0.15) is 0 Å². The molecule has 0 unspecified atom stereocenters. The van der Waals surface area contributed by atoms with Gasteiger partial charge in [0.1, 0.15) is 0 Å². The second-order valence-electron chi connectivity index (χ2n) is 5.96. The topological polar surface area (TPSA) is 83.8 Å². The number of imidazole rings is 1. The summed E-state index contributed by atoms with van der Waals surface area (Å²) in [5, 5.41) is 3.66. The number of benzene rings is 1. The number of rotatable bonds is 10. The van der Waals surface area contributed by atoms with E-state index in [1.54, 1.807) is 19.2 Å². The Bertz CT molecular complexity index is 797. The summed E-state index contributed by atoms with van der Waals surface area (Å²) in [6.07, 6.45) is 0. The average molecular weight is 410 g/mol. The highest BCUT2D eigenvalue weighted by atomic mass is 32.2. The number of methoxy groups -OCH3 is 4. The second-order valence-corrected chi connectivity index (χ2v) is 6.90. The summed E-state index contributed by atoms with van der Waals surface area (Å²) < 4.78 is 23.1. The van der Waals surface area contributed by atoms with Crippen molar-refractivity contribution in [2.75, 3.05) is 46.1 Å². The second kappa shape index (κ2) is 10.2. The van der Waals surface area contributed by atoms with E-state index in [0.717, 1.165) is 16.5 Å². The number of amides is 1. The van der Waals surface area contributed by atoms with Crippen molar-refractivity contribution < 1.29 is 23.7 Å². The van der Waals surface area contributed by atoms with Crippen LogP contribution in [0.4, 0.5) is 5.69 Å². The highest BCUT2D eigenvalue weighted by Crippen LogP contribution is 2.40. The van der Waals surface area contributed by atoms with Gasteiger partial charge in [0.2, 0.25) is 11.7 Å². The first kappa shape index (κ1) is 21.9. The quantitative estimate of drug-likeness (QED) is 0.604. The molecule has 1 N–H and O–H groups in total. The van der Waals surface area contributed by atoms with Crippen LogP contribution in [0.1, 0.15) is 11.4 Å². The maximum absolute atomic E-state index is 12.5. The number of anilines is 1. The number of hydrogen-bond donors (Lipinski definition) is 1. The van der Waals surface area contributed by atoms with Crippen LogP contribution in [-0.4, -0.2) is 56.3 Å². The van der Waals surface area contributed by atoms with E-state index < -0.39 is 0 Å². The van der Waals surface area contributed by atoms with Crippen LogP contribution in [0.3, 0.4) is 0 Å². The Morgan fingerprint density at radius 2 is 1.75 bits per heavy atom. The van der Waals surface area contributed by atoms with E-state index in [2.05, 4.69) is 14.9 Å². The van der Waals surface area contributed by atoms with E-state index in [4.69, 9.17) is 18.9 Å². The highest BCUT2D eigenvalue weighted by Gasteiger charge is 2.16. The first-order chi connectivity index (χ1) is 13.4. The predicted octanol–water partition coefficient (Wildman–Crippen LogP) is 2.90. The van der Waals surface area contributed by atoms with Crippen molar-refractivity contribution in [3.05, 3.63) is 23.5 Å². The van der Waals surface area contributed by atoms with Gasteiger partial charge >= 0.3 is 0 Å². The van der Waals surface area contributed by atoms with Crippen molar-refractivity contribution in [3.63, 3.8) is 0 Å². The van der Waals surface area contributed by atoms with E-state index in [1.807, 2.05) is 13.8 Å². The normalized spacial score (nSPS) is 10.6. The molecule has 0 saturated carbocycles. The number of ether oxygens (including phenoxy) is 4. The van der Waals surface area contributed by atoms with Gasteiger partial charge in [-0.25, -0.2) is 4.98 Å². The lowest BCUT2D eigenvalue weighted by Crippen LogP contribution is -2.15. The summed E-state index contributed by atoms with van der Waals surface area (Å²) in [5.74, 6) is 1.50. The summed E-state index contributed by atoms with van der Waals surface area (Å²) in [4.78, 5) is 17.0. The van der Waals surface area contributed by atoms with Crippen LogP contribution < -0.4 is 19.5 Å². The van der Waals surface area contributed by atoms with E-state index >= 15 is 0 Å². The molecule has 1 heterocycles. The molecule has 0 aliphatic heterocycles. The molecule has 2 aromatic rings. The Kier molecular flexibility index (Phi) is 8.01. The van der Waals surface area contributed by atoms with Crippen molar-refractivity contribution in [1.29, 1.82) is 0 Å². The zero-order valence-electron chi connectivity index (χ0n) is 17.1. The van der Waals surface area contributed by atoms with Gasteiger partial charge in [-0.3, -0.25) is 4.79 Å². The lowest BCUT2D eigenvalue weighted by molar-refractivity contribution is -0.113. The molecular weight excluding hydrogens is 382 g/mol. The van der Waals surface area contributed by atoms with Crippen molar-refractivity contribution in [1.82, 2.24) is 9.55 Å². The van der Waals surface area contributed by atoms with E-state index in [9.17, 15) is 4.79 Å². The Balaban J connectivity index is 2.08. The molecule has 0 radical (unpaired) electrons. The van der Waals surface area contributed by atoms with E-state index in [-0.39, 0.29) is 11.7 Å². The largest absolute Gasteiger partial charge is 0.493 e. The molecule has 0 aliphatic carbocycles. The summed E-state index contributed by atoms with van der Waals surface area (Å²) in [6, 6.07) is 3.38. The third-order valence-electron chi connectivity index (χ3n) is 4.22. The molecule has 0 fully saturated rings. The smallest absolute Gasteiger partial charge is 0.234 e. The third kappa shape index (κ3) is 5.11. The SMILES string of the molecule is COCCn1c(SCC(=O)Nc2cc(OC)c(OC)c(OC)c2)nc(C)c1C. The highest BCUT2D eigenvalue weighted by molar-refractivity contribution is 7.99. The van der Waals surface area contributed by atoms with E-state index in [0.29, 0.717) is 36.1 Å². The fraction of sp³-hybridized carbons (Fsp3) is 0.474. The Hall–Kier alpha value is -2.39. The van der Waals surface area contributed by atoms with Crippen LogP contribution in [0.25, 0.3) is 0 Å². The molecule has 1 amide bonds. The number of aryl methyl sites for hydroxylation is 1. The molecule has 0 saturated heterocycles. The maximum atomic E-state index is 12.5. The van der Waals surface area contributed by atoms with Crippen LogP contribution in [0.2, 0.25) is 0 Å². The zero-order valence-corrected chi connectivity index (χ0v) is 17.9. The molecule has 8 nitrogen and oxygen atoms in total. The zero-order chi connectivity index (χ0) is 20.7. The molecule has 2 rings (SSSR count). The van der Waals surface area contributed by atoms with Crippen molar-refractivity contribution >= 4 is 23.4 Å². The van der Waals surface area contributed by atoms with Crippen LogP contribution in [0.15, 0.2) is 17.3 Å². The van der Waals surface area contributed by atoms with Gasteiger partial charge < -0.3 is 28.8 Å². The van der Waals surface area contributed by atoms with Gasteiger partial charge in [-0.1, -0.05) is 11.8 Å². The molecule has 0 bridgehead atoms. The number of aromatic nitrogens is 2. The average Bonchev–Trinajstić information content (AvgIpc) is 2.97. The standard InChI is InChI=1S/C19H27N3O5S/c1-12-13(2)22(7-8-24-3)19(20-12)28-11-17(23)21-14-9-15(25-4)18(27-6)16(10-14)26-5/h9-10H,7-8,11H2,1-6H3,(H,21,23). The summed E-state index contributed by atoms with van der Waals surface area (Å²) >= 11 is 1.38. The van der Waals surface area contributed by atoms with Gasteiger partial charge in [0.05, 0.1) is 39.4 Å². The summed E-state index contributed by atoms with van der Waals surface area (Å²) in [6.45, 7) is 5.25. The summed E-state index contributed by atoms with van der Waals surface area (Å²) in [5.41, 5.74) is 2.59. The van der Waals surface area contributed by atoms with E-state index in [1.165, 1.54) is 33.1 Å². The minimum atomic E-state index is -0.157. The van der Waals surface area contributed by atoms with Crippen LogP contribution in [-0.2, 0) is 16.1 Å². The van der Waals surface area contributed by atoms with Crippen LogP contribution >= 0.6 is 11.8 Å². The fourth-order valence-electron chi connectivity index (χ4n) is 2.66. The Labute approximate surface area is 169 Å². The summed E-state index contributed by atoms with van der Waals surface area (Å²) in [7, 11) is 6.26. The van der Waals surface area contributed by atoms with Gasteiger partial charge in [0.25, 0.3) is 0 Å². The molecule has 154 valence electrons. The van der Waals surface area contributed by atoms with Crippen LogP contribution in [0, 0.1) is 13.8 Å². The van der Waals surface area contributed by atoms with Gasteiger partial charge in [-0.15, -0.1) is 0 Å². The van der Waals surface area contributed by atoms with Crippen molar-refractivity contribution in [3.8, 4) is 17.2 Å². The van der Waals surface area contributed by atoms with Gasteiger partial charge in [0.15, 0.2) is 16.7 Å². The van der Waals surface area contributed by atoms with Crippen molar-refractivity contribution in [2.24, 2.45) is 0 Å². The van der Waals surface area contributed by atoms with Gasteiger partial charge in [-0.05, 0) is 13.8 Å². The number of hydrogen-bond acceptors (Lipinski definition) is 7. The maximum Gasteiger partial charge on any atom is 0.234 e. The Morgan fingerprint density at radius 3 is 2.29 bits per heavy atom. The molecule has 1 aromatic heterocycles. The first-order valence-corrected chi connectivity index (χ1v) is 9.69. The minimum Gasteiger partial charge on any atom is -0.493 e. The number of carbonyl (C=O) groups is 1. The van der Waals surface area contributed by atoms with Crippen molar-refractivity contribution in [2.45, 2.75) is 25.5 Å². The fourth-order valence-corrected chi connectivity index (χ4v) is 3.58. The third-order valence-corrected chi connectivity index (χ3v) is 5.20. The van der Waals surface area contributed by atoms with Gasteiger partial charge in [0, 0.05) is 37.2 Å². The minimum absolute atomic E-state index is 0.157. The lowest BCUT2D eigenvalue weighted by atomic mass is 10.2. The predicted molar refractivity (Wildman–Crippen MR) is 109 cm³/mol. The molecule has 1 aromatic carbocycles. The molecule has 9 heteroatoms. The molecule has 0 aliphatic rings. The Morgan fingerprint density at radius 1 is 1.11 bits per heavy atom. The molecule has 28 heavy (non-hydrogen) atoms. The monoisotopic (exact) mass is 409 g/mol. The molecule has 0 atom stereocenters.